The maximum absolute atomic E-state index is 10.3. The number of phosphoric ester groups is 2. The first-order valence-corrected chi connectivity index (χ1v) is 6.63. The molecule has 8 nitrogen and oxygen atoms in total. The molecule has 0 bridgehead atoms. The van der Waals surface area contributed by atoms with Gasteiger partial charge in [0.15, 0.2) is 5.56 Å². The van der Waals surface area contributed by atoms with Crippen LogP contribution in [0.3, 0.4) is 0 Å². The Labute approximate surface area is 84.3 Å². The van der Waals surface area contributed by atoms with E-state index in [0.717, 1.165) is 6.92 Å². The lowest BCUT2D eigenvalue weighted by molar-refractivity contribution is 0.0638. The summed E-state index contributed by atoms with van der Waals surface area (Å²) in [6, 6.07) is 0. The first-order valence-electron chi connectivity index (χ1n) is 3.13. The Morgan fingerprint density at radius 2 is 1.43 bits per heavy atom. The molecule has 0 aliphatic rings. The van der Waals surface area contributed by atoms with Crippen LogP contribution in [-0.2, 0) is 18.2 Å². The van der Waals surface area contributed by atoms with Crippen LogP contribution in [0, 0.1) is 0 Å². The minimum absolute atomic E-state index is 1.09. The molecule has 0 saturated carbocycles. The molecular formula is C3H9ClO8P2. The molecular weight excluding hydrogens is 261 g/mol. The van der Waals surface area contributed by atoms with Gasteiger partial charge in [0.25, 0.3) is 0 Å². The lowest BCUT2D eigenvalue weighted by Gasteiger charge is -2.19. The zero-order valence-electron chi connectivity index (χ0n) is 6.85. The van der Waals surface area contributed by atoms with Gasteiger partial charge in [0, 0.05) is 0 Å². The molecule has 14 heavy (non-hydrogen) atoms. The summed E-state index contributed by atoms with van der Waals surface area (Å²) in [5.41, 5.74) is -1.66. The molecule has 4 N–H and O–H groups in total. The highest BCUT2D eigenvalue weighted by atomic mass is 35.5. The van der Waals surface area contributed by atoms with Crippen molar-refractivity contribution in [3.63, 3.8) is 0 Å². The van der Waals surface area contributed by atoms with Crippen molar-refractivity contribution in [2.75, 3.05) is 0 Å². The Bertz CT molecular complexity index is 240. The van der Waals surface area contributed by atoms with E-state index in [1.54, 1.807) is 0 Å². The average molecular weight is 270 g/mol. The molecule has 2 unspecified atom stereocenters. The third-order valence-corrected chi connectivity index (χ3v) is 2.59. The van der Waals surface area contributed by atoms with Crippen molar-refractivity contribution in [3.05, 3.63) is 0 Å². The summed E-state index contributed by atoms with van der Waals surface area (Å²) in [5.74, 6) is 0. The van der Waals surface area contributed by atoms with Gasteiger partial charge in [0.2, 0.25) is 0 Å². The molecule has 0 aromatic rings. The zero-order chi connectivity index (χ0) is 11.6. The third-order valence-electron chi connectivity index (χ3n) is 0.911. The first kappa shape index (κ1) is 14.5. The maximum atomic E-state index is 10.3. The normalized spacial score (nSPS) is 17.9. The van der Waals surface area contributed by atoms with Crippen molar-refractivity contribution in [2.24, 2.45) is 0 Å². The Morgan fingerprint density at radius 1 is 1.07 bits per heavy atom. The number of halogens is 1. The van der Waals surface area contributed by atoms with Gasteiger partial charge in [-0.25, -0.2) is 9.13 Å². The van der Waals surface area contributed by atoms with Gasteiger partial charge in [-0.1, -0.05) is 11.6 Å². The topological polar surface area (TPSA) is 134 Å². The van der Waals surface area contributed by atoms with Crippen LogP contribution in [0.15, 0.2) is 0 Å². The molecule has 0 heterocycles. The molecule has 11 heteroatoms. The highest BCUT2D eigenvalue weighted by molar-refractivity contribution is 7.46. The molecule has 86 valence electrons. The van der Waals surface area contributed by atoms with Gasteiger partial charge in [-0.3, -0.25) is 9.05 Å². The van der Waals surface area contributed by atoms with Crippen LogP contribution in [0.25, 0.3) is 0 Å². The summed E-state index contributed by atoms with van der Waals surface area (Å²) in [5, 5.41) is 0. The fourth-order valence-electron chi connectivity index (χ4n) is 0.481. The van der Waals surface area contributed by atoms with E-state index in [2.05, 4.69) is 9.05 Å². The Morgan fingerprint density at radius 3 is 1.71 bits per heavy atom. The monoisotopic (exact) mass is 270 g/mol. The van der Waals surface area contributed by atoms with Crippen LogP contribution in [0.4, 0.5) is 0 Å². The summed E-state index contributed by atoms with van der Waals surface area (Å²) in [6.45, 7) is 1.09. The van der Waals surface area contributed by atoms with Crippen LogP contribution in [0.2, 0.25) is 0 Å². The minimum atomic E-state index is -4.81. The number of alkyl halides is 1. The molecule has 0 amide bonds. The van der Waals surface area contributed by atoms with Gasteiger partial charge in [0.05, 0.1) is 0 Å². The van der Waals surface area contributed by atoms with E-state index in [9.17, 15) is 9.13 Å². The Kier molecular flexibility index (Phi) is 5.21. The smallest absolute Gasteiger partial charge is 0.303 e. The highest BCUT2D eigenvalue weighted by Crippen LogP contribution is 2.43. The molecule has 2 atom stereocenters. The van der Waals surface area contributed by atoms with Crippen molar-refractivity contribution in [2.45, 2.75) is 18.6 Å². The number of hydrogen-bond acceptors (Lipinski definition) is 4. The molecule has 0 aromatic heterocycles. The second kappa shape index (κ2) is 5.03. The quantitative estimate of drug-likeness (QED) is 0.410. The van der Waals surface area contributed by atoms with E-state index in [4.69, 9.17) is 31.2 Å². The molecule has 0 aliphatic carbocycles. The minimum Gasteiger partial charge on any atom is -0.303 e. The van der Waals surface area contributed by atoms with Gasteiger partial charge in [-0.2, -0.15) is 0 Å². The van der Waals surface area contributed by atoms with E-state index >= 15 is 0 Å². The molecule has 0 aromatic carbocycles. The second-order valence-electron chi connectivity index (χ2n) is 2.25. The summed E-state index contributed by atoms with van der Waals surface area (Å²) in [4.78, 5) is 33.2. The van der Waals surface area contributed by atoms with E-state index in [1.165, 1.54) is 0 Å². The molecule has 0 spiro atoms. The van der Waals surface area contributed by atoms with Gasteiger partial charge >= 0.3 is 15.6 Å². The third kappa shape index (κ3) is 7.87. The lowest BCUT2D eigenvalue weighted by Crippen LogP contribution is -2.22. The number of hydrogen-bond donors (Lipinski definition) is 4. The fourth-order valence-corrected chi connectivity index (χ4v) is 1.89. The largest absolute Gasteiger partial charge is 0.471 e. The number of rotatable bonds is 5. The molecule has 0 fully saturated rings. The van der Waals surface area contributed by atoms with Crippen LogP contribution < -0.4 is 0 Å². The van der Waals surface area contributed by atoms with E-state index in [1.807, 2.05) is 0 Å². The first-order chi connectivity index (χ1) is 6.01. The van der Waals surface area contributed by atoms with Crippen LogP contribution in [0.5, 0.6) is 0 Å². The lowest BCUT2D eigenvalue weighted by atomic mass is 10.4. The Hall–Kier alpha value is 0.510. The predicted octanol–water partition coefficient (Wildman–Crippen LogP) is 0.158. The summed E-state index contributed by atoms with van der Waals surface area (Å²) < 4.78 is 28.4. The predicted molar refractivity (Wildman–Crippen MR) is 45.4 cm³/mol. The van der Waals surface area contributed by atoms with Crippen molar-refractivity contribution in [3.8, 4) is 0 Å². The van der Waals surface area contributed by atoms with Crippen molar-refractivity contribution >= 4 is 27.2 Å². The molecule has 0 aliphatic heterocycles. The SMILES string of the molecule is CC(OP(=O)(O)O)C(Cl)OP(=O)(O)O. The van der Waals surface area contributed by atoms with Gasteiger partial charge < -0.3 is 19.6 Å². The Balaban J connectivity index is 4.20. The van der Waals surface area contributed by atoms with Crippen LogP contribution >= 0.6 is 27.2 Å². The summed E-state index contributed by atoms with van der Waals surface area (Å²) in [7, 11) is -9.56. The average Bonchev–Trinajstić information content (AvgIpc) is 1.78. The zero-order valence-corrected chi connectivity index (χ0v) is 9.39. The van der Waals surface area contributed by atoms with E-state index in [-0.39, 0.29) is 0 Å². The standard InChI is InChI=1S/C3H9ClO8P2/c1-2(11-13(5,6)7)3(4)12-14(8,9)10/h2-3H,1H3,(H2,5,6,7)(H2,8,9,10). The summed E-state index contributed by atoms with van der Waals surface area (Å²) >= 11 is 5.24. The molecule has 0 saturated heterocycles. The maximum Gasteiger partial charge on any atom is 0.471 e. The van der Waals surface area contributed by atoms with E-state index in [0.29, 0.717) is 0 Å². The summed E-state index contributed by atoms with van der Waals surface area (Å²) in [6.07, 6.45) is -1.37. The van der Waals surface area contributed by atoms with Crippen LogP contribution in [0.1, 0.15) is 6.92 Å². The molecule has 0 radical (unpaired) electrons. The van der Waals surface area contributed by atoms with Gasteiger partial charge in [-0.05, 0) is 6.92 Å². The van der Waals surface area contributed by atoms with Gasteiger partial charge in [0.1, 0.15) is 6.10 Å². The van der Waals surface area contributed by atoms with Crippen molar-refractivity contribution in [1.29, 1.82) is 0 Å². The molecule has 0 rings (SSSR count). The number of phosphoric acid groups is 2. The van der Waals surface area contributed by atoms with Crippen LogP contribution in [-0.4, -0.2) is 31.2 Å². The second-order valence-corrected chi connectivity index (χ2v) is 5.06. The van der Waals surface area contributed by atoms with E-state index < -0.39 is 27.3 Å². The fraction of sp³-hybridized carbons (Fsp3) is 1.00. The van der Waals surface area contributed by atoms with Gasteiger partial charge in [-0.15, -0.1) is 0 Å². The van der Waals surface area contributed by atoms with Crippen molar-refractivity contribution < 1.29 is 37.8 Å². The van der Waals surface area contributed by atoms with Crippen molar-refractivity contribution in [1.82, 2.24) is 0 Å². The highest BCUT2D eigenvalue weighted by Gasteiger charge is 2.30.